The minimum absolute atomic E-state index is 0.716. The molecular weight excluding hydrogens is 132 g/mol. The minimum atomic E-state index is 0.716. The Morgan fingerprint density at radius 3 is 1.73 bits per heavy atom. The molecule has 0 spiro atoms. The summed E-state index contributed by atoms with van der Waals surface area (Å²) in [6.07, 6.45) is 1.25. The first-order valence-electron chi connectivity index (χ1n) is 4.61. The maximum Gasteiger partial charge on any atom is -0.0260 e. The van der Waals surface area contributed by atoms with Crippen LogP contribution < -0.4 is 0 Å². The lowest BCUT2D eigenvalue weighted by molar-refractivity contribution is 0.625. The largest absolute Gasteiger partial charge is 0.0739 e. The molecule has 0 aromatic heterocycles. The van der Waals surface area contributed by atoms with Crippen LogP contribution in [0.25, 0.3) is 0 Å². The van der Waals surface area contributed by atoms with Gasteiger partial charge in [0.05, 0.1) is 0 Å². The molecule has 0 N–H and O–H groups in total. The van der Waals surface area contributed by atoms with Gasteiger partial charge in [-0.3, -0.25) is 0 Å². The van der Waals surface area contributed by atoms with Crippen molar-refractivity contribution in [3.05, 3.63) is 11.1 Å². The molecule has 0 aromatic rings. The highest BCUT2D eigenvalue weighted by molar-refractivity contribution is 5.11. The summed E-state index contributed by atoms with van der Waals surface area (Å²) in [4.78, 5) is 0. The monoisotopic (exact) mass is 154 g/mol. The number of hydrogen-bond acceptors (Lipinski definition) is 0. The summed E-state index contributed by atoms with van der Waals surface area (Å²) in [6.45, 7) is 13.6. The Balaban J connectivity index is 4.16. The first-order valence-corrected chi connectivity index (χ1v) is 4.61. The second kappa shape index (κ2) is 4.58. The lowest BCUT2D eigenvalue weighted by Gasteiger charge is -2.12. The third kappa shape index (κ3) is 4.23. The van der Waals surface area contributed by atoms with E-state index in [2.05, 4.69) is 41.5 Å². The Kier molecular flexibility index (Phi) is 4.48. The predicted octanol–water partition coefficient (Wildman–Crippen LogP) is 4.02. The van der Waals surface area contributed by atoms with Crippen molar-refractivity contribution in [2.45, 2.75) is 48.0 Å². The van der Waals surface area contributed by atoms with Gasteiger partial charge in [0.25, 0.3) is 0 Å². The van der Waals surface area contributed by atoms with E-state index >= 15 is 0 Å². The zero-order valence-corrected chi connectivity index (χ0v) is 8.86. The SMILES string of the molecule is C/C(CC(C)C)=C(/C)C(C)C. The van der Waals surface area contributed by atoms with Gasteiger partial charge in [-0.05, 0) is 32.1 Å². The van der Waals surface area contributed by atoms with Crippen LogP contribution in [0, 0.1) is 11.8 Å². The van der Waals surface area contributed by atoms with Crippen molar-refractivity contribution in [3.8, 4) is 0 Å². The fourth-order valence-corrected chi connectivity index (χ4v) is 1.27. The van der Waals surface area contributed by atoms with Crippen LogP contribution in [-0.2, 0) is 0 Å². The number of rotatable bonds is 3. The van der Waals surface area contributed by atoms with Gasteiger partial charge in [0, 0.05) is 0 Å². The smallest absolute Gasteiger partial charge is 0.0260 e. The van der Waals surface area contributed by atoms with Crippen LogP contribution in [0.15, 0.2) is 11.1 Å². The Morgan fingerprint density at radius 2 is 1.45 bits per heavy atom. The van der Waals surface area contributed by atoms with Gasteiger partial charge >= 0.3 is 0 Å². The quantitative estimate of drug-likeness (QED) is 0.538. The van der Waals surface area contributed by atoms with E-state index in [1.165, 1.54) is 6.42 Å². The highest BCUT2D eigenvalue weighted by Crippen LogP contribution is 2.19. The maximum atomic E-state index is 2.27. The molecule has 0 amide bonds. The molecule has 0 fully saturated rings. The van der Waals surface area contributed by atoms with Crippen molar-refractivity contribution >= 4 is 0 Å². The van der Waals surface area contributed by atoms with Crippen molar-refractivity contribution < 1.29 is 0 Å². The van der Waals surface area contributed by atoms with Crippen LogP contribution in [0.1, 0.15) is 48.0 Å². The fraction of sp³-hybridized carbons (Fsp3) is 0.818. The van der Waals surface area contributed by atoms with Crippen LogP contribution in [0.3, 0.4) is 0 Å². The van der Waals surface area contributed by atoms with Gasteiger partial charge < -0.3 is 0 Å². The molecule has 0 aromatic carbocycles. The van der Waals surface area contributed by atoms with E-state index in [9.17, 15) is 0 Å². The van der Waals surface area contributed by atoms with Crippen LogP contribution >= 0.6 is 0 Å². The molecule has 0 bridgehead atoms. The van der Waals surface area contributed by atoms with Gasteiger partial charge in [-0.2, -0.15) is 0 Å². The van der Waals surface area contributed by atoms with Crippen molar-refractivity contribution in [1.29, 1.82) is 0 Å². The van der Waals surface area contributed by atoms with Crippen LogP contribution in [-0.4, -0.2) is 0 Å². The minimum Gasteiger partial charge on any atom is -0.0739 e. The summed E-state index contributed by atoms with van der Waals surface area (Å²) < 4.78 is 0. The van der Waals surface area contributed by atoms with Gasteiger partial charge in [0.15, 0.2) is 0 Å². The second-order valence-corrected chi connectivity index (χ2v) is 4.22. The Hall–Kier alpha value is -0.260. The molecule has 0 aliphatic heterocycles. The van der Waals surface area contributed by atoms with E-state index in [1.54, 1.807) is 11.1 Å². The van der Waals surface area contributed by atoms with Crippen molar-refractivity contribution in [1.82, 2.24) is 0 Å². The van der Waals surface area contributed by atoms with E-state index in [-0.39, 0.29) is 0 Å². The zero-order chi connectivity index (χ0) is 9.02. The van der Waals surface area contributed by atoms with Gasteiger partial charge in [-0.1, -0.05) is 38.8 Å². The summed E-state index contributed by atoms with van der Waals surface area (Å²) in [5.74, 6) is 1.51. The molecule has 0 saturated carbocycles. The average Bonchev–Trinajstić information content (AvgIpc) is 1.84. The van der Waals surface area contributed by atoms with Gasteiger partial charge in [-0.25, -0.2) is 0 Å². The summed E-state index contributed by atoms with van der Waals surface area (Å²) in [7, 11) is 0. The highest BCUT2D eigenvalue weighted by atomic mass is 14.1. The lowest BCUT2D eigenvalue weighted by atomic mass is 9.94. The van der Waals surface area contributed by atoms with Crippen LogP contribution in [0.5, 0.6) is 0 Å². The predicted molar refractivity (Wildman–Crippen MR) is 52.7 cm³/mol. The van der Waals surface area contributed by atoms with Gasteiger partial charge in [0.1, 0.15) is 0 Å². The van der Waals surface area contributed by atoms with Crippen molar-refractivity contribution in [3.63, 3.8) is 0 Å². The molecule has 0 nitrogen and oxygen atoms in total. The fourth-order valence-electron chi connectivity index (χ4n) is 1.27. The first kappa shape index (κ1) is 10.7. The molecule has 0 aliphatic carbocycles. The van der Waals surface area contributed by atoms with Crippen LogP contribution in [0.4, 0.5) is 0 Å². The first-order chi connectivity index (χ1) is 4.95. The van der Waals surface area contributed by atoms with Crippen molar-refractivity contribution in [2.24, 2.45) is 11.8 Å². The Morgan fingerprint density at radius 1 is 1.00 bits per heavy atom. The summed E-state index contributed by atoms with van der Waals surface area (Å²) in [6, 6.07) is 0. The number of allylic oxidation sites excluding steroid dienone is 2. The Labute approximate surface area is 71.7 Å². The maximum absolute atomic E-state index is 2.27. The van der Waals surface area contributed by atoms with Crippen molar-refractivity contribution in [2.75, 3.05) is 0 Å². The molecule has 0 aliphatic rings. The molecule has 0 radical (unpaired) electrons. The molecule has 0 saturated heterocycles. The highest BCUT2D eigenvalue weighted by Gasteiger charge is 2.03. The third-order valence-corrected chi connectivity index (χ3v) is 2.25. The molecule has 11 heavy (non-hydrogen) atoms. The second-order valence-electron chi connectivity index (χ2n) is 4.22. The average molecular weight is 154 g/mol. The topological polar surface area (TPSA) is 0 Å². The molecule has 0 heterocycles. The molecular formula is C11H22. The van der Waals surface area contributed by atoms with E-state index in [1.807, 2.05) is 0 Å². The third-order valence-electron chi connectivity index (χ3n) is 2.25. The number of hydrogen-bond donors (Lipinski definition) is 0. The van der Waals surface area contributed by atoms with Gasteiger partial charge in [-0.15, -0.1) is 0 Å². The van der Waals surface area contributed by atoms with Crippen LogP contribution in [0.2, 0.25) is 0 Å². The summed E-state index contributed by atoms with van der Waals surface area (Å²) in [5.41, 5.74) is 3.15. The summed E-state index contributed by atoms with van der Waals surface area (Å²) in [5, 5.41) is 0. The molecule has 0 atom stereocenters. The standard InChI is InChI=1S/C11H22/c1-8(2)7-10(5)11(6)9(3)4/h8-9H,7H2,1-6H3/b11-10+. The van der Waals surface area contributed by atoms with E-state index in [4.69, 9.17) is 0 Å². The normalized spacial score (nSPS) is 14.2. The Bertz CT molecular complexity index is 138. The zero-order valence-electron chi connectivity index (χ0n) is 8.86. The lowest BCUT2D eigenvalue weighted by Crippen LogP contribution is -1.96. The molecule has 0 unspecified atom stereocenters. The van der Waals surface area contributed by atoms with E-state index in [0.717, 1.165) is 5.92 Å². The van der Waals surface area contributed by atoms with Gasteiger partial charge in [0.2, 0.25) is 0 Å². The van der Waals surface area contributed by atoms with E-state index in [0.29, 0.717) is 5.92 Å². The van der Waals surface area contributed by atoms with E-state index < -0.39 is 0 Å². The molecule has 66 valence electrons. The molecule has 0 heteroatoms. The summed E-state index contributed by atoms with van der Waals surface area (Å²) >= 11 is 0. The molecule has 0 rings (SSSR count).